The maximum Gasteiger partial charge on any atom is 0.0993 e. The fourth-order valence-electron chi connectivity index (χ4n) is 1.23. The van der Waals surface area contributed by atoms with Crippen LogP contribution in [0.2, 0.25) is 0 Å². The number of carbonyl (C=O) groups is 2. The molecule has 0 aromatic carbocycles. The molecule has 156 valence electrons. The molecule has 0 heterocycles. The van der Waals surface area contributed by atoms with Gasteiger partial charge >= 0.3 is 0 Å². The molecule has 0 aliphatic rings. The van der Waals surface area contributed by atoms with Crippen molar-refractivity contribution in [2.75, 3.05) is 81.0 Å². The van der Waals surface area contributed by atoms with Gasteiger partial charge in [0.25, 0.3) is 0 Å². The van der Waals surface area contributed by atoms with Crippen LogP contribution in [0.25, 0.3) is 0 Å². The van der Waals surface area contributed by atoms with Gasteiger partial charge in [-0.2, -0.15) is 0 Å². The SMILES string of the molecule is COCC[NH2+]CCOC.COCC[NH2+]CCOC.O=C([O-])/C=C\C(=O)[O-]. The summed E-state index contributed by atoms with van der Waals surface area (Å²) in [6, 6.07) is 0. The third-order valence-corrected chi connectivity index (χ3v) is 2.46. The van der Waals surface area contributed by atoms with Crippen LogP contribution in [0.1, 0.15) is 0 Å². The fraction of sp³-hybridized carbons (Fsp3) is 0.750. The van der Waals surface area contributed by atoms with Crippen molar-refractivity contribution >= 4 is 11.9 Å². The number of methoxy groups -OCH3 is 4. The number of rotatable bonds is 14. The first-order valence-corrected chi connectivity index (χ1v) is 8.15. The number of carbonyl (C=O) groups excluding carboxylic acids is 2. The topological polar surface area (TPSA) is 150 Å². The highest BCUT2D eigenvalue weighted by atomic mass is 16.5. The monoisotopic (exact) mass is 382 g/mol. The van der Waals surface area contributed by atoms with E-state index >= 15 is 0 Å². The van der Waals surface area contributed by atoms with Crippen LogP contribution in [0.15, 0.2) is 12.2 Å². The fourth-order valence-corrected chi connectivity index (χ4v) is 1.23. The molecular weight excluding hydrogens is 348 g/mol. The second-order valence-corrected chi connectivity index (χ2v) is 4.67. The van der Waals surface area contributed by atoms with Crippen molar-refractivity contribution < 1.29 is 49.4 Å². The zero-order chi connectivity index (χ0) is 20.5. The van der Waals surface area contributed by atoms with Crippen molar-refractivity contribution in [3.05, 3.63) is 12.2 Å². The number of carboxylic acid groups (broad SMARTS) is 2. The quantitative estimate of drug-likeness (QED) is 0.223. The first kappa shape index (κ1) is 29.2. The van der Waals surface area contributed by atoms with Crippen LogP contribution in [0.4, 0.5) is 0 Å². The molecular formula is C16H34N2O8. The minimum Gasteiger partial charge on any atom is -0.545 e. The minimum absolute atomic E-state index is 0.384. The van der Waals surface area contributed by atoms with E-state index in [0.29, 0.717) is 12.2 Å². The first-order valence-electron chi connectivity index (χ1n) is 8.15. The number of hydrogen-bond donors (Lipinski definition) is 2. The largest absolute Gasteiger partial charge is 0.545 e. The van der Waals surface area contributed by atoms with Crippen LogP contribution < -0.4 is 20.8 Å². The second-order valence-electron chi connectivity index (χ2n) is 4.67. The molecule has 0 saturated heterocycles. The standard InChI is InChI=1S/2C6H15NO2.C4H4O4/c2*1-8-5-3-7-4-6-9-2;5-3(6)1-2-4(7)8/h2*7H,3-6H2,1-2H3;1-2H,(H,5,6)(H,7,8)/b;;2-1-. The van der Waals surface area contributed by atoms with Crippen molar-refractivity contribution in [1.82, 2.24) is 0 Å². The van der Waals surface area contributed by atoms with Crippen LogP contribution in [0, 0.1) is 0 Å². The summed E-state index contributed by atoms with van der Waals surface area (Å²) in [7, 11) is 6.85. The smallest absolute Gasteiger partial charge is 0.0993 e. The first-order chi connectivity index (χ1) is 12.5. The van der Waals surface area contributed by atoms with E-state index in [2.05, 4.69) is 10.6 Å². The summed E-state index contributed by atoms with van der Waals surface area (Å²) in [5, 5.41) is 23.2. The van der Waals surface area contributed by atoms with Gasteiger partial charge in [0.05, 0.1) is 64.5 Å². The Labute approximate surface area is 155 Å². The lowest BCUT2D eigenvalue weighted by Crippen LogP contribution is -2.86. The normalized spacial score (nSPS) is 9.85. The summed E-state index contributed by atoms with van der Waals surface area (Å²) in [5.74, 6) is -3.09. The zero-order valence-corrected chi connectivity index (χ0v) is 16.2. The summed E-state index contributed by atoms with van der Waals surface area (Å²) >= 11 is 0. The molecule has 0 saturated carbocycles. The molecule has 0 spiro atoms. The number of carboxylic acids is 2. The Bertz CT molecular complexity index is 285. The third-order valence-electron chi connectivity index (χ3n) is 2.46. The summed E-state index contributed by atoms with van der Waals surface area (Å²) in [6.07, 6.45) is 0.769. The lowest BCUT2D eigenvalue weighted by atomic mass is 10.5. The Morgan fingerprint density at radius 3 is 1.04 bits per heavy atom. The summed E-state index contributed by atoms with van der Waals surface area (Å²) in [5.41, 5.74) is 0. The molecule has 0 aliphatic carbocycles. The molecule has 0 amide bonds. The maximum absolute atomic E-state index is 9.41. The Morgan fingerprint density at radius 1 is 0.654 bits per heavy atom. The van der Waals surface area contributed by atoms with Gasteiger partial charge in [0.15, 0.2) is 0 Å². The number of hydrogen-bond acceptors (Lipinski definition) is 8. The van der Waals surface area contributed by atoms with Crippen LogP contribution in [0.3, 0.4) is 0 Å². The minimum atomic E-state index is -1.55. The Morgan fingerprint density at radius 2 is 0.885 bits per heavy atom. The Balaban J connectivity index is -0.000000306. The molecule has 0 aliphatic heterocycles. The highest BCUT2D eigenvalue weighted by Crippen LogP contribution is 1.64. The maximum atomic E-state index is 9.41. The molecule has 0 bridgehead atoms. The van der Waals surface area contributed by atoms with Gasteiger partial charge in [-0.3, -0.25) is 0 Å². The van der Waals surface area contributed by atoms with Gasteiger partial charge in [-0.05, 0) is 12.2 Å². The average Bonchev–Trinajstić information content (AvgIpc) is 2.61. The van der Waals surface area contributed by atoms with Crippen molar-refractivity contribution in [3.8, 4) is 0 Å². The molecule has 0 rings (SSSR count). The van der Waals surface area contributed by atoms with Gasteiger partial charge in [-0.15, -0.1) is 0 Å². The van der Waals surface area contributed by atoms with Gasteiger partial charge in [0, 0.05) is 28.4 Å². The number of ether oxygens (including phenoxy) is 4. The Kier molecular flexibility index (Phi) is 31.7. The van der Waals surface area contributed by atoms with Gasteiger partial charge in [-0.1, -0.05) is 0 Å². The highest BCUT2D eigenvalue weighted by molar-refractivity contribution is 5.87. The molecule has 0 fully saturated rings. The molecule has 10 heteroatoms. The summed E-state index contributed by atoms with van der Waals surface area (Å²) in [6.45, 7) is 7.40. The van der Waals surface area contributed by atoms with Gasteiger partial charge < -0.3 is 49.4 Å². The summed E-state index contributed by atoms with van der Waals surface area (Å²) < 4.78 is 19.4. The molecule has 26 heavy (non-hydrogen) atoms. The van der Waals surface area contributed by atoms with Gasteiger partial charge in [0.1, 0.15) is 0 Å². The number of nitrogens with two attached hydrogens (primary N) is 2. The molecule has 10 nitrogen and oxygen atoms in total. The zero-order valence-electron chi connectivity index (χ0n) is 16.2. The predicted molar refractivity (Wildman–Crippen MR) is 90.0 cm³/mol. The van der Waals surface area contributed by atoms with Crippen LogP contribution in [0.5, 0.6) is 0 Å². The van der Waals surface area contributed by atoms with E-state index in [1.165, 1.54) is 0 Å². The average molecular weight is 382 g/mol. The molecule has 4 N–H and O–H groups in total. The van der Waals surface area contributed by atoms with Crippen molar-refractivity contribution in [2.24, 2.45) is 0 Å². The van der Waals surface area contributed by atoms with E-state index in [1.807, 2.05) is 0 Å². The lowest BCUT2D eigenvalue weighted by Gasteiger charge is -1.98. The van der Waals surface area contributed by atoms with Gasteiger partial charge in [0.2, 0.25) is 0 Å². The van der Waals surface area contributed by atoms with Crippen molar-refractivity contribution in [2.45, 2.75) is 0 Å². The van der Waals surface area contributed by atoms with E-state index < -0.39 is 11.9 Å². The molecule has 0 aromatic rings. The Hall–Kier alpha value is -1.56. The van der Waals surface area contributed by atoms with Crippen molar-refractivity contribution in [3.63, 3.8) is 0 Å². The molecule has 0 radical (unpaired) electrons. The van der Waals surface area contributed by atoms with E-state index in [-0.39, 0.29) is 0 Å². The van der Waals surface area contributed by atoms with E-state index in [4.69, 9.17) is 18.9 Å². The highest BCUT2D eigenvalue weighted by Gasteiger charge is 1.87. The molecule has 0 atom stereocenters. The number of quaternary nitrogens is 2. The molecule has 0 aromatic heterocycles. The second kappa shape index (κ2) is 28.3. The third kappa shape index (κ3) is 43.3. The van der Waals surface area contributed by atoms with E-state index in [0.717, 1.165) is 52.6 Å². The van der Waals surface area contributed by atoms with Crippen LogP contribution in [-0.4, -0.2) is 93.0 Å². The van der Waals surface area contributed by atoms with E-state index in [1.54, 1.807) is 28.4 Å². The van der Waals surface area contributed by atoms with Gasteiger partial charge in [-0.25, -0.2) is 0 Å². The van der Waals surface area contributed by atoms with Crippen molar-refractivity contribution in [1.29, 1.82) is 0 Å². The van der Waals surface area contributed by atoms with E-state index in [9.17, 15) is 19.8 Å². The summed E-state index contributed by atoms with van der Waals surface area (Å²) in [4.78, 5) is 18.8. The lowest BCUT2D eigenvalue weighted by molar-refractivity contribution is -0.657. The number of aliphatic carboxylic acids is 2. The van der Waals surface area contributed by atoms with Crippen LogP contribution in [-0.2, 0) is 28.5 Å². The molecule has 0 unspecified atom stereocenters. The van der Waals surface area contributed by atoms with Crippen LogP contribution >= 0.6 is 0 Å². The predicted octanol–water partition coefficient (Wildman–Crippen LogP) is -5.27.